The van der Waals surface area contributed by atoms with Gasteiger partial charge in [0.1, 0.15) is 12.4 Å². The van der Waals surface area contributed by atoms with E-state index in [0.29, 0.717) is 24.7 Å². The van der Waals surface area contributed by atoms with E-state index in [-0.39, 0.29) is 17.3 Å². The molecule has 0 saturated heterocycles. The Labute approximate surface area is 189 Å². The Morgan fingerprint density at radius 1 is 0.968 bits per heavy atom. The van der Waals surface area contributed by atoms with E-state index in [1.165, 1.54) is 0 Å². The standard InChI is InChI=1S/C23H24N2O4S.ClH/c1-2-29-24-18-20-13-11-19(12-14-20)15-16-28-22-8-6-7-21(17-22)25-30(26,27)23-9-4-3-5-10-23;/h3-14,17-18,25H,2,15-16H2,1H3;1H/b24-18+;. The summed E-state index contributed by atoms with van der Waals surface area (Å²) in [5.41, 5.74) is 2.55. The average Bonchev–Trinajstić information content (AvgIpc) is 2.76. The normalized spacial score (nSPS) is 11.0. The van der Waals surface area contributed by atoms with Gasteiger partial charge in [0.2, 0.25) is 0 Å². The van der Waals surface area contributed by atoms with Gasteiger partial charge >= 0.3 is 0 Å². The van der Waals surface area contributed by atoms with Crippen molar-refractivity contribution in [3.63, 3.8) is 0 Å². The fourth-order valence-corrected chi connectivity index (χ4v) is 3.76. The first-order valence-corrected chi connectivity index (χ1v) is 11.1. The third kappa shape index (κ3) is 7.62. The molecule has 0 atom stereocenters. The van der Waals surface area contributed by atoms with Crippen LogP contribution in [0.3, 0.4) is 0 Å². The summed E-state index contributed by atoms with van der Waals surface area (Å²) in [6.45, 7) is 2.90. The highest BCUT2D eigenvalue weighted by molar-refractivity contribution is 7.92. The van der Waals surface area contributed by atoms with E-state index in [0.717, 1.165) is 17.5 Å². The topological polar surface area (TPSA) is 77.0 Å². The maximum Gasteiger partial charge on any atom is 0.261 e. The highest BCUT2D eigenvalue weighted by Crippen LogP contribution is 2.21. The quantitative estimate of drug-likeness (QED) is 0.345. The molecule has 0 aromatic heterocycles. The van der Waals surface area contributed by atoms with E-state index in [1.54, 1.807) is 60.8 Å². The van der Waals surface area contributed by atoms with Crippen molar-refractivity contribution >= 4 is 34.3 Å². The molecule has 0 unspecified atom stereocenters. The van der Waals surface area contributed by atoms with Crippen LogP contribution in [-0.4, -0.2) is 27.8 Å². The second kappa shape index (κ2) is 12.0. The van der Waals surface area contributed by atoms with E-state index < -0.39 is 10.0 Å². The van der Waals surface area contributed by atoms with Crippen LogP contribution in [0.4, 0.5) is 5.69 Å². The summed E-state index contributed by atoms with van der Waals surface area (Å²) in [5, 5.41) is 3.85. The molecule has 0 fully saturated rings. The number of nitrogens with one attached hydrogen (secondary N) is 1. The molecule has 164 valence electrons. The zero-order chi connectivity index (χ0) is 21.2. The van der Waals surface area contributed by atoms with Crippen LogP contribution in [0.1, 0.15) is 18.1 Å². The molecule has 6 nitrogen and oxygen atoms in total. The second-order valence-electron chi connectivity index (χ2n) is 6.44. The predicted molar refractivity (Wildman–Crippen MR) is 126 cm³/mol. The van der Waals surface area contributed by atoms with E-state index in [4.69, 9.17) is 9.57 Å². The van der Waals surface area contributed by atoms with Crippen LogP contribution < -0.4 is 9.46 Å². The number of benzene rings is 3. The lowest BCUT2D eigenvalue weighted by Gasteiger charge is -2.11. The average molecular weight is 461 g/mol. The summed E-state index contributed by atoms with van der Waals surface area (Å²) in [5.74, 6) is 0.601. The highest BCUT2D eigenvalue weighted by atomic mass is 35.5. The zero-order valence-electron chi connectivity index (χ0n) is 17.1. The molecule has 0 aliphatic rings. The van der Waals surface area contributed by atoms with Gasteiger partial charge in [-0.15, -0.1) is 12.4 Å². The molecule has 8 heteroatoms. The monoisotopic (exact) mass is 460 g/mol. The largest absolute Gasteiger partial charge is 0.493 e. The predicted octanol–water partition coefficient (Wildman–Crippen LogP) is 4.90. The number of anilines is 1. The van der Waals surface area contributed by atoms with Gasteiger partial charge in [-0.2, -0.15) is 0 Å². The lowest BCUT2D eigenvalue weighted by molar-refractivity contribution is 0.160. The van der Waals surface area contributed by atoms with Crippen molar-refractivity contribution in [2.24, 2.45) is 5.16 Å². The molecule has 31 heavy (non-hydrogen) atoms. The molecule has 3 aromatic rings. The Morgan fingerprint density at radius 2 is 1.71 bits per heavy atom. The van der Waals surface area contributed by atoms with Gasteiger partial charge in [-0.05, 0) is 42.3 Å². The van der Waals surface area contributed by atoms with Crippen LogP contribution in [0.5, 0.6) is 5.75 Å². The van der Waals surface area contributed by atoms with Crippen molar-refractivity contribution in [3.8, 4) is 5.75 Å². The molecule has 0 aliphatic heterocycles. The zero-order valence-corrected chi connectivity index (χ0v) is 18.7. The van der Waals surface area contributed by atoms with E-state index in [1.807, 2.05) is 31.2 Å². The maximum absolute atomic E-state index is 12.5. The number of halogens is 1. The minimum Gasteiger partial charge on any atom is -0.493 e. The molecule has 0 bridgehead atoms. The van der Waals surface area contributed by atoms with Crippen molar-refractivity contribution in [1.82, 2.24) is 0 Å². The van der Waals surface area contributed by atoms with Gasteiger partial charge in [0.25, 0.3) is 10.0 Å². The van der Waals surface area contributed by atoms with Crippen LogP contribution >= 0.6 is 12.4 Å². The van der Waals surface area contributed by atoms with Gasteiger partial charge in [-0.3, -0.25) is 4.72 Å². The van der Waals surface area contributed by atoms with Crippen molar-refractivity contribution < 1.29 is 18.0 Å². The molecule has 3 aromatic carbocycles. The molecule has 0 aliphatic carbocycles. The first-order valence-electron chi connectivity index (χ1n) is 9.62. The SMILES string of the molecule is CCO/N=C/c1ccc(CCOc2cccc(NS(=O)(=O)c3ccccc3)c2)cc1.Cl. The fraction of sp³-hybridized carbons (Fsp3) is 0.174. The number of hydrogen-bond acceptors (Lipinski definition) is 5. The lowest BCUT2D eigenvalue weighted by atomic mass is 10.1. The van der Waals surface area contributed by atoms with Crippen LogP contribution in [0.2, 0.25) is 0 Å². The second-order valence-corrected chi connectivity index (χ2v) is 8.12. The van der Waals surface area contributed by atoms with Crippen LogP contribution in [0.15, 0.2) is 88.9 Å². The molecule has 0 spiro atoms. The Hall–Kier alpha value is -3.03. The Kier molecular flexibility index (Phi) is 9.37. The first kappa shape index (κ1) is 24.2. The van der Waals surface area contributed by atoms with Gasteiger partial charge in [-0.25, -0.2) is 8.42 Å². The number of rotatable bonds is 10. The fourth-order valence-electron chi connectivity index (χ4n) is 2.69. The van der Waals surface area contributed by atoms with Gasteiger partial charge in [0, 0.05) is 12.5 Å². The molecule has 0 saturated carbocycles. The van der Waals surface area contributed by atoms with E-state index in [9.17, 15) is 8.42 Å². The van der Waals surface area contributed by atoms with E-state index >= 15 is 0 Å². The summed E-state index contributed by atoms with van der Waals surface area (Å²) in [4.78, 5) is 5.17. The van der Waals surface area contributed by atoms with Gasteiger partial charge < -0.3 is 9.57 Å². The van der Waals surface area contributed by atoms with Crippen LogP contribution in [0, 0.1) is 0 Å². The van der Waals surface area contributed by atoms with Crippen molar-refractivity contribution in [1.29, 1.82) is 0 Å². The Morgan fingerprint density at radius 3 is 2.42 bits per heavy atom. The lowest BCUT2D eigenvalue weighted by Crippen LogP contribution is -2.12. The summed E-state index contributed by atoms with van der Waals surface area (Å²) < 4.78 is 33.3. The first-order chi connectivity index (χ1) is 14.6. The number of hydrogen-bond donors (Lipinski definition) is 1. The van der Waals surface area contributed by atoms with Gasteiger partial charge in [-0.1, -0.05) is 53.7 Å². The third-order valence-corrected chi connectivity index (χ3v) is 5.58. The summed E-state index contributed by atoms with van der Waals surface area (Å²) in [7, 11) is -3.63. The third-order valence-electron chi connectivity index (χ3n) is 4.18. The number of nitrogens with zero attached hydrogens (tertiary/aromatic N) is 1. The molecule has 0 radical (unpaired) electrons. The minimum atomic E-state index is -3.63. The highest BCUT2D eigenvalue weighted by Gasteiger charge is 2.13. The van der Waals surface area contributed by atoms with Crippen molar-refractivity contribution in [2.75, 3.05) is 17.9 Å². The van der Waals surface area contributed by atoms with Crippen LogP contribution in [0.25, 0.3) is 0 Å². The van der Waals surface area contributed by atoms with Crippen LogP contribution in [-0.2, 0) is 21.3 Å². The number of oxime groups is 1. The molecule has 0 heterocycles. The molecular weight excluding hydrogens is 436 g/mol. The number of ether oxygens (including phenoxy) is 1. The Balaban J connectivity index is 0.00000341. The van der Waals surface area contributed by atoms with Crippen molar-refractivity contribution in [3.05, 3.63) is 90.0 Å². The molecule has 0 amide bonds. The molecular formula is C23H25ClN2O4S. The maximum atomic E-state index is 12.5. The van der Waals surface area contributed by atoms with E-state index in [2.05, 4.69) is 9.88 Å². The Bertz CT molecular complexity index is 1070. The summed E-state index contributed by atoms with van der Waals surface area (Å²) >= 11 is 0. The molecule has 1 N–H and O–H groups in total. The van der Waals surface area contributed by atoms with Crippen molar-refractivity contribution in [2.45, 2.75) is 18.2 Å². The number of sulfonamides is 1. The summed E-state index contributed by atoms with van der Waals surface area (Å²) in [6.07, 6.45) is 2.40. The van der Waals surface area contributed by atoms with Gasteiger partial charge in [0.15, 0.2) is 0 Å². The molecule has 3 rings (SSSR count). The smallest absolute Gasteiger partial charge is 0.261 e. The summed E-state index contributed by atoms with van der Waals surface area (Å²) in [6, 6.07) is 23.1. The minimum absolute atomic E-state index is 0. The van der Waals surface area contributed by atoms with Gasteiger partial charge in [0.05, 0.1) is 23.4 Å².